The van der Waals surface area contributed by atoms with Crippen LogP contribution in [0, 0.1) is 5.92 Å². The zero-order chi connectivity index (χ0) is 16.1. The minimum absolute atomic E-state index is 0.499. The molecule has 0 atom stereocenters. The molecule has 6 rings (SSSR count). The third kappa shape index (κ3) is 1.93. The monoisotopic (exact) mass is 317 g/mol. The highest BCUT2D eigenvalue weighted by Gasteiger charge is 2.45. The van der Waals surface area contributed by atoms with Gasteiger partial charge in [0.2, 0.25) is 0 Å². The minimum Gasteiger partial charge on any atom is -0.377 e. The third-order valence-electron chi connectivity index (χ3n) is 6.19. The van der Waals surface area contributed by atoms with Gasteiger partial charge in [-0.3, -0.25) is 0 Å². The van der Waals surface area contributed by atoms with Crippen LogP contribution in [0.4, 0.5) is 0 Å². The quantitative estimate of drug-likeness (QED) is 0.868. The van der Waals surface area contributed by atoms with Crippen LogP contribution in [0.1, 0.15) is 35.1 Å². The molecule has 0 unspecified atom stereocenters. The zero-order valence-electron chi connectivity index (χ0n) is 13.9. The first-order chi connectivity index (χ1) is 11.8. The highest BCUT2D eigenvalue weighted by molar-refractivity contribution is 5.54. The molecule has 1 aliphatic carbocycles. The van der Waals surface area contributed by atoms with Crippen molar-refractivity contribution < 1.29 is 5.11 Å². The van der Waals surface area contributed by atoms with Crippen LogP contribution in [0.3, 0.4) is 0 Å². The van der Waals surface area contributed by atoms with Crippen molar-refractivity contribution in [1.29, 1.82) is 0 Å². The van der Waals surface area contributed by atoms with Crippen molar-refractivity contribution in [3.8, 4) is 0 Å². The fraction of sp³-hybridized carbons (Fsp3) is 0.364. The van der Waals surface area contributed by atoms with Gasteiger partial charge in [-0.05, 0) is 59.4 Å². The van der Waals surface area contributed by atoms with Gasteiger partial charge in [0.25, 0.3) is 0 Å². The van der Waals surface area contributed by atoms with Crippen molar-refractivity contribution in [2.45, 2.75) is 31.3 Å². The fourth-order valence-electron chi connectivity index (χ4n) is 4.94. The number of hydrogen-bond donors (Lipinski definition) is 1. The summed E-state index contributed by atoms with van der Waals surface area (Å²) in [6.07, 6.45) is 6.59. The zero-order valence-corrected chi connectivity index (χ0v) is 13.9. The number of aliphatic hydroxyl groups is 1. The van der Waals surface area contributed by atoms with Crippen molar-refractivity contribution >= 4 is 0 Å². The molecule has 0 radical (unpaired) electrons. The molecule has 2 bridgehead atoms. The van der Waals surface area contributed by atoms with Crippen LogP contribution >= 0.6 is 0 Å². The van der Waals surface area contributed by atoms with Crippen molar-refractivity contribution in [3.05, 3.63) is 82.6 Å². The van der Waals surface area contributed by atoms with Crippen LogP contribution in [-0.4, -0.2) is 23.1 Å². The van der Waals surface area contributed by atoms with Crippen LogP contribution in [0.15, 0.2) is 60.3 Å². The number of hydrogen-bond acceptors (Lipinski definition) is 2. The second-order valence-electron chi connectivity index (χ2n) is 7.42. The number of piperidine rings is 1. The molecule has 122 valence electrons. The molecule has 1 saturated heterocycles. The molecule has 24 heavy (non-hydrogen) atoms. The Morgan fingerprint density at radius 1 is 0.833 bits per heavy atom. The summed E-state index contributed by atoms with van der Waals surface area (Å²) in [5.74, 6) is 0.499. The molecule has 2 nitrogen and oxygen atoms in total. The summed E-state index contributed by atoms with van der Waals surface area (Å²) >= 11 is 0. The number of benzene rings is 2. The van der Waals surface area contributed by atoms with E-state index < -0.39 is 5.60 Å². The van der Waals surface area contributed by atoms with E-state index in [0.717, 1.165) is 37.1 Å². The second kappa shape index (κ2) is 5.22. The predicted octanol–water partition coefficient (Wildman–Crippen LogP) is 3.63. The molecular formula is C22H23NO. The Bertz CT molecular complexity index is 767. The Morgan fingerprint density at radius 2 is 1.38 bits per heavy atom. The average molecular weight is 317 g/mol. The summed E-state index contributed by atoms with van der Waals surface area (Å²) in [4.78, 5) is 2.39. The van der Waals surface area contributed by atoms with E-state index in [4.69, 9.17) is 0 Å². The summed E-state index contributed by atoms with van der Waals surface area (Å²) in [7, 11) is 0. The molecule has 2 aromatic rings. The van der Waals surface area contributed by atoms with E-state index in [0.29, 0.717) is 5.92 Å². The molecule has 3 heterocycles. The lowest BCUT2D eigenvalue weighted by molar-refractivity contribution is 0.0823. The molecule has 0 spiro atoms. The van der Waals surface area contributed by atoms with Gasteiger partial charge < -0.3 is 10.0 Å². The van der Waals surface area contributed by atoms with Gasteiger partial charge in [-0.25, -0.2) is 0 Å². The van der Waals surface area contributed by atoms with E-state index in [1.165, 1.54) is 29.5 Å². The number of rotatable bonds is 1. The van der Waals surface area contributed by atoms with E-state index >= 15 is 0 Å². The Kier molecular flexibility index (Phi) is 3.11. The molecule has 0 aromatic heterocycles. The van der Waals surface area contributed by atoms with Gasteiger partial charge in [-0.2, -0.15) is 0 Å². The van der Waals surface area contributed by atoms with E-state index in [1.54, 1.807) is 0 Å². The fourth-order valence-corrected chi connectivity index (χ4v) is 4.94. The van der Waals surface area contributed by atoms with Crippen LogP contribution in [0.5, 0.6) is 0 Å². The SMILES string of the molecule is OC1(C2=CN3CCC2CC3)c2ccccc2CCc2ccccc21. The standard InChI is InChI=1S/C22H23NO/c24-22(21-15-23-13-11-18(21)12-14-23)19-7-3-1-5-16(19)9-10-17-6-2-4-8-20(17)22/h1-8,15,18,24H,9-14H2. The third-order valence-corrected chi connectivity index (χ3v) is 6.19. The van der Waals surface area contributed by atoms with Crippen molar-refractivity contribution in [1.82, 2.24) is 4.90 Å². The number of fused-ring (bicyclic) bond motifs is 4. The molecule has 2 heteroatoms. The maximum Gasteiger partial charge on any atom is 0.139 e. The Labute approximate surface area is 143 Å². The lowest BCUT2D eigenvalue weighted by Crippen LogP contribution is -2.44. The molecular weight excluding hydrogens is 294 g/mol. The van der Waals surface area contributed by atoms with Crippen molar-refractivity contribution in [2.75, 3.05) is 13.1 Å². The van der Waals surface area contributed by atoms with Gasteiger partial charge in [-0.1, -0.05) is 48.5 Å². The van der Waals surface area contributed by atoms with E-state index in [1.807, 2.05) is 0 Å². The maximum absolute atomic E-state index is 12.2. The maximum atomic E-state index is 12.2. The van der Waals surface area contributed by atoms with Crippen LogP contribution in [-0.2, 0) is 18.4 Å². The topological polar surface area (TPSA) is 23.5 Å². The predicted molar refractivity (Wildman–Crippen MR) is 95.7 cm³/mol. The van der Waals surface area contributed by atoms with Gasteiger partial charge in [0.05, 0.1) is 0 Å². The van der Waals surface area contributed by atoms with Crippen LogP contribution < -0.4 is 0 Å². The molecule has 4 aliphatic rings. The van der Waals surface area contributed by atoms with E-state index in [2.05, 4.69) is 59.6 Å². The summed E-state index contributed by atoms with van der Waals surface area (Å²) in [5, 5.41) is 12.2. The highest BCUT2D eigenvalue weighted by atomic mass is 16.3. The van der Waals surface area contributed by atoms with Gasteiger partial charge in [0.1, 0.15) is 5.60 Å². The first-order valence-corrected chi connectivity index (χ1v) is 9.12. The van der Waals surface area contributed by atoms with Crippen molar-refractivity contribution in [3.63, 3.8) is 0 Å². The summed E-state index contributed by atoms with van der Waals surface area (Å²) in [6, 6.07) is 17.0. The lowest BCUT2D eigenvalue weighted by Gasteiger charge is -2.46. The molecule has 0 saturated carbocycles. The van der Waals surface area contributed by atoms with Gasteiger partial charge in [0, 0.05) is 19.3 Å². The normalized spacial score (nSPS) is 21.7. The molecule has 1 N–H and O–H groups in total. The average Bonchev–Trinajstić information content (AvgIpc) is 2.79. The minimum atomic E-state index is -0.979. The van der Waals surface area contributed by atoms with Crippen molar-refractivity contribution in [2.24, 2.45) is 5.92 Å². The van der Waals surface area contributed by atoms with Gasteiger partial charge in [0.15, 0.2) is 0 Å². The Hall–Kier alpha value is -2.06. The van der Waals surface area contributed by atoms with Crippen LogP contribution in [0.2, 0.25) is 0 Å². The first-order valence-electron chi connectivity index (χ1n) is 9.12. The lowest BCUT2D eigenvalue weighted by atomic mass is 9.70. The Morgan fingerprint density at radius 3 is 1.88 bits per heavy atom. The first kappa shape index (κ1) is 14.3. The highest BCUT2D eigenvalue weighted by Crippen LogP contribution is 2.49. The van der Waals surface area contributed by atoms with Crippen LogP contribution in [0.25, 0.3) is 0 Å². The summed E-state index contributed by atoms with van der Waals surface area (Å²) < 4.78 is 0. The summed E-state index contributed by atoms with van der Waals surface area (Å²) in [5.41, 5.74) is 4.99. The van der Waals surface area contributed by atoms with E-state index in [9.17, 15) is 5.11 Å². The molecule has 2 aromatic carbocycles. The second-order valence-corrected chi connectivity index (χ2v) is 7.42. The molecule has 3 aliphatic heterocycles. The molecule has 1 fully saturated rings. The number of nitrogens with zero attached hydrogens (tertiary/aromatic N) is 1. The van der Waals surface area contributed by atoms with E-state index in [-0.39, 0.29) is 0 Å². The largest absolute Gasteiger partial charge is 0.377 e. The van der Waals surface area contributed by atoms with Gasteiger partial charge >= 0.3 is 0 Å². The number of aryl methyl sites for hydroxylation is 2. The Balaban J connectivity index is 1.80. The molecule has 0 amide bonds. The van der Waals surface area contributed by atoms with Gasteiger partial charge in [-0.15, -0.1) is 0 Å². The summed E-state index contributed by atoms with van der Waals surface area (Å²) in [6.45, 7) is 2.26. The smallest absolute Gasteiger partial charge is 0.139 e.